The molecule has 148 valence electrons. The van der Waals surface area contributed by atoms with Gasteiger partial charge in [0, 0.05) is 17.3 Å². The summed E-state index contributed by atoms with van der Waals surface area (Å²) in [7, 11) is 0. The topological polar surface area (TPSA) is 97.7 Å². The monoisotopic (exact) mass is 400 g/mol. The lowest BCUT2D eigenvalue weighted by atomic mass is 9.96. The molecule has 0 fully saturated rings. The Morgan fingerprint density at radius 3 is 2.53 bits per heavy atom. The van der Waals surface area contributed by atoms with Crippen LogP contribution in [0.5, 0.6) is 11.5 Å². The Hall–Kier alpha value is -4.31. The van der Waals surface area contributed by atoms with Gasteiger partial charge in [-0.25, -0.2) is 4.79 Å². The molecule has 0 radical (unpaired) electrons. The van der Waals surface area contributed by atoms with Crippen LogP contribution in [0.2, 0.25) is 0 Å². The van der Waals surface area contributed by atoms with Crippen LogP contribution in [0.15, 0.2) is 66.7 Å². The molecule has 30 heavy (non-hydrogen) atoms. The SMILES string of the molecule is N#Cc1ccccc1-c1ccccc1C(=O)OCC(=O)Nc1ccc2c(c1)OCO2. The summed E-state index contributed by atoms with van der Waals surface area (Å²) in [6.07, 6.45) is 0. The summed E-state index contributed by atoms with van der Waals surface area (Å²) in [6.45, 7) is -0.319. The van der Waals surface area contributed by atoms with E-state index >= 15 is 0 Å². The largest absolute Gasteiger partial charge is 0.454 e. The molecule has 0 aromatic heterocycles. The molecule has 7 nitrogen and oxygen atoms in total. The number of hydrogen-bond acceptors (Lipinski definition) is 6. The first-order valence-electron chi connectivity index (χ1n) is 9.11. The Morgan fingerprint density at radius 1 is 0.967 bits per heavy atom. The maximum atomic E-state index is 12.6. The van der Waals surface area contributed by atoms with Crippen molar-refractivity contribution in [1.29, 1.82) is 5.26 Å². The van der Waals surface area contributed by atoms with Crippen LogP contribution in [-0.4, -0.2) is 25.3 Å². The number of hydrogen-bond donors (Lipinski definition) is 1. The van der Waals surface area contributed by atoms with E-state index in [2.05, 4.69) is 11.4 Å². The molecule has 1 heterocycles. The van der Waals surface area contributed by atoms with Crippen LogP contribution in [-0.2, 0) is 9.53 Å². The molecular formula is C23H16N2O5. The molecule has 0 unspecified atom stereocenters. The first kappa shape index (κ1) is 19.0. The highest BCUT2D eigenvalue weighted by molar-refractivity contribution is 6.00. The van der Waals surface area contributed by atoms with Crippen LogP contribution in [0, 0.1) is 11.3 Å². The highest BCUT2D eigenvalue weighted by atomic mass is 16.7. The van der Waals surface area contributed by atoms with E-state index in [-0.39, 0.29) is 12.4 Å². The molecule has 0 bridgehead atoms. The Bertz CT molecular complexity index is 1170. The molecule has 0 aliphatic carbocycles. The highest BCUT2D eigenvalue weighted by Gasteiger charge is 2.18. The molecule has 3 aromatic carbocycles. The van der Waals surface area contributed by atoms with Gasteiger partial charge in [0.15, 0.2) is 18.1 Å². The number of rotatable bonds is 5. The van der Waals surface area contributed by atoms with Gasteiger partial charge in [-0.3, -0.25) is 4.79 Å². The van der Waals surface area contributed by atoms with Gasteiger partial charge in [0.05, 0.1) is 17.2 Å². The molecule has 1 aliphatic heterocycles. The Kier molecular flexibility index (Phi) is 5.31. The fourth-order valence-corrected chi connectivity index (χ4v) is 3.09. The van der Waals surface area contributed by atoms with Gasteiger partial charge in [0.2, 0.25) is 6.79 Å². The van der Waals surface area contributed by atoms with Crippen molar-refractivity contribution in [1.82, 2.24) is 0 Å². The summed E-state index contributed by atoms with van der Waals surface area (Å²) >= 11 is 0. The number of amides is 1. The predicted octanol–water partition coefficient (Wildman–Crippen LogP) is 3.75. The van der Waals surface area contributed by atoms with Crippen molar-refractivity contribution in [3.05, 3.63) is 77.9 Å². The summed E-state index contributed by atoms with van der Waals surface area (Å²) < 4.78 is 15.7. The molecule has 7 heteroatoms. The molecule has 3 aromatic rings. The van der Waals surface area contributed by atoms with E-state index in [9.17, 15) is 14.9 Å². The maximum absolute atomic E-state index is 12.6. The van der Waals surface area contributed by atoms with Gasteiger partial charge in [-0.2, -0.15) is 5.26 Å². The smallest absolute Gasteiger partial charge is 0.339 e. The average molecular weight is 400 g/mol. The van der Waals surface area contributed by atoms with Crippen molar-refractivity contribution in [3.63, 3.8) is 0 Å². The van der Waals surface area contributed by atoms with Crippen molar-refractivity contribution in [2.45, 2.75) is 0 Å². The summed E-state index contributed by atoms with van der Waals surface area (Å²) in [4.78, 5) is 24.8. The summed E-state index contributed by atoms with van der Waals surface area (Å²) in [5.74, 6) is -0.000125. The molecular weight excluding hydrogens is 384 g/mol. The van der Waals surface area contributed by atoms with Crippen LogP contribution in [0.1, 0.15) is 15.9 Å². The van der Waals surface area contributed by atoms with E-state index < -0.39 is 18.5 Å². The zero-order valence-electron chi connectivity index (χ0n) is 15.8. The minimum atomic E-state index is -0.654. The van der Waals surface area contributed by atoms with E-state index in [1.54, 1.807) is 66.7 Å². The number of nitriles is 1. The fourth-order valence-electron chi connectivity index (χ4n) is 3.09. The van der Waals surface area contributed by atoms with Crippen LogP contribution in [0.4, 0.5) is 5.69 Å². The van der Waals surface area contributed by atoms with Crippen molar-refractivity contribution in [3.8, 4) is 28.7 Å². The second kappa shape index (κ2) is 8.37. The van der Waals surface area contributed by atoms with Crippen molar-refractivity contribution in [2.75, 3.05) is 18.7 Å². The van der Waals surface area contributed by atoms with Gasteiger partial charge in [-0.1, -0.05) is 36.4 Å². The second-order valence-corrected chi connectivity index (χ2v) is 6.40. The van der Waals surface area contributed by atoms with Gasteiger partial charge in [0.1, 0.15) is 0 Å². The van der Waals surface area contributed by atoms with Crippen molar-refractivity contribution >= 4 is 17.6 Å². The van der Waals surface area contributed by atoms with Crippen LogP contribution in [0.25, 0.3) is 11.1 Å². The van der Waals surface area contributed by atoms with Gasteiger partial charge < -0.3 is 19.5 Å². The molecule has 0 saturated carbocycles. The van der Waals surface area contributed by atoms with Gasteiger partial charge >= 0.3 is 5.97 Å². The molecule has 1 amide bonds. The Labute approximate surface area is 172 Å². The molecule has 0 saturated heterocycles. The number of fused-ring (bicyclic) bond motifs is 1. The number of carbonyl (C=O) groups excluding carboxylic acids is 2. The number of nitrogens with one attached hydrogen (secondary N) is 1. The van der Waals surface area contributed by atoms with Crippen molar-refractivity contribution < 1.29 is 23.8 Å². The molecule has 4 rings (SSSR count). The number of nitrogens with zero attached hydrogens (tertiary/aromatic N) is 1. The standard InChI is InChI=1S/C23H16N2O5/c24-12-15-5-1-2-6-17(15)18-7-3-4-8-19(18)23(27)28-13-22(26)25-16-9-10-20-21(11-16)30-14-29-20/h1-11H,13-14H2,(H,25,26). The third kappa shape index (κ3) is 3.93. The molecule has 0 atom stereocenters. The number of carbonyl (C=O) groups is 2. The maximum Gasteiger partial charge on any atom is 0.339 e. The van der Waals surface area contributed by atoms with E-state index in [4.69, 9.17) is 14.2 Å². The van der Waals surface area contributed by atoms with Gasteiger partial charge in [-0.05, 0) is 29.8 Å². The lowest BCUT2D eigenvalue weighted by molar-refractivity contribution is -0.119. The number of benzene rings is 3. The third-order valence-electron chi connectivity index (χ3n) is 4.48. The normalized spacial score (nSPS) is 11.4. The van der Waals surface area contributed by atoms with Crippen LogP contribution in [0.3, 0.4) is 0 Å². The van der Waals surface area contributed by atoms with E-state index in [0.29, 0.717) is 33.9 Å². The Balaban J connectivity index is 1.45. The Morgan fingerprint density at radius 2 is 1.70 bits per heavy atom. The second-order valence-electron chi connectivity index (χ2n) is 6.40. The van der Waals surface area contributed by atoms with E-state index in [0.717, 1.165) is 0 Å². The highest BCUT2D eigenvalue weighted by Crippen LogP contribution is 2.34. The van der Waals surface area contributed by atoms with Crippen molar-refractivity contribution in [2.24, 2.45) is 0 Å². The zero-order valence-corrected chi connectivity index (χ0v) is 15.8. The average Bonchev–Trinajstić information content (AvgIpc) is 3.25. The summed E-state index contributed by atoms with van der Waals surface area (Å²) in [5, 5.41) is 12.0. The van der Waals surface area contributed by atoms with Gasteiger partial charge in [0.25, 0.3) is 5.91 Å². The molecule has 0 spiro atoms. The lowest BCUT2D eigenvalue weighted by Gasteiger charge is -2.11. The quantitative estimate of drug-likeness (QED) is 0.655. The van der Waals surface area contributed by atoms with E-state index in [1.165, 1.54) is 0 Å². The lowest BCUT2D eigenvalue weighted by Crippen LogP contribution is -2.21. The third-order valence-corrected chi connectivity index (χ3v) is 4.48. The number of esters is 1. The first-order chi connectivity index (χ1) is 14.7. The minimum Gasteiger partial charge on any atom is -0.454 e. The predicted molar refractivity (Wildman–Crippen MR) is 108 cm³/mol. The molecule has 1 N–H and O–H groups in total. The number of ether oxygens (including phenoxy) is 3. The zero-order chi connectivity index (χ0) is 20.9. The molecule has 1 aliphatic rings. The van der Waals surface area contributed by atoms with E-state index in [1.807, 2.05) is 0 Å². The van der Waals surface area contributed by atoms with Crippen LogP contribution >= 0.6 is 0 Å². The van der Waals surface area contributed by atoms with Gasteiger partial charge in [-0.15, -0.1) is 0 Å². The van der Waals surface area contributed by atoms with Crippen LogP contribution < -0.4 is 14.8 Å². The minimum absolute atomic E-state index is 0.138. The number of anilines is 1. The summed E-state index contributed by atoms with van der Waals surface area (Å²) in [5.41, 5.74) is 2.41. The fraction of sp³-hybridized carbons (Fsp3) is 0.0870. The summed E-state index contributed by atoms with van der Waals surface area (Å²) in [6, 6.07) is 20.9. The first-order valence-corrected chi connectivity index (χ1v) is 9.11.